The lowest BCUT2D eigenvalue weighted by molar-refractivity contribution is -0.117. The predicted molar refractivity (Wildman–Crippen MR) is 81.0 cm³/mol. The van der Waals surface area contributed by atoms with Crippen molar-refractivity contribution in [2.45, 2.75) is 31.0 Å². The van der Waals surface area contributed by atoms with E-state index in [-0.39, 0.29) is 11.5 Å². The summed E-state index contributed by atoms with van der Waals surface area (Å²) in [5.74, 6) is 0.270. The van der Waals surface area contributed by atoms with E-state index in [1.807, 2.05) is 24.3 Å². The monoisotopic (exact) mass is 374 g/mol. The number of rotatable bonds is 2. The molecule has 104 valence electrons. The summed E-state index contributed by atoms with van der Waals surface area (Å²) in [5, 5.41) is 10.7. The maximum Gasteiger partial charge on any atom is 0.0940 e. The van der Waals surface area contributed by atoms with E-state index < -0.39 is 6.10 Å². The van der Waals surface area contributed by atoms with Gasteiger partial charge in [-0.15, -0.1) is 0 Å². The minimum atomic E-state index is -0.394. The molecular formula is C15H19IO3. The van der Waals surface area contributed by atoms with Gasteiger partial charge in [-0.05, 0) is 53.0 Å². The van der Waals surface area contributed by atoms with Gasteiger partial charge in [0.2, 0.25) is 0 Å². The van der Waals surface area contributed by atoms with Crippen LogP contribution in [0.5, 0.6) is 0 Å². The molecule has 2 aliphatic heterocycles. The van der Waals surface area contributed by atoms with Crippen molar-refractivity contribution in [2.24, 2.45) is 5.92 Å². The van der Waals surface area contributed by atoms with Crippen molar-refractivity contribution in [1.29, 1.82) is 0 Å². The van der Waals surface area contributed by atoms with Gasteiger partial charge < -0.3 is 14.6 Å². The van der Waals surface area contributed by atoms with Crippen LogP contribution in [0.4, 0.5) is 0 Å². The second-order valence-electron chi connectivity index (χ2n) is 5.55. The molecule has 3 unspecified atom stereocenters. The molecule has 3 atom stereocenters. The summed E-state index contributed by atoms with van der Waals surface area (Å²) in [6, 6.07) is 8.08. The molecule has 0 bridgehead atoms. The molecule has 1 spiro atoms. The highest BCUT2D eigenvalue weighted by Crippen LogP contribution is 2.41. The molecule has 1 aromatic carbocycles. The number of aliphatic hydroxyl groups excluding tert-OH is 1. The minimum absolute atomic E-state index is 0.135. The average molecular weight is 374 g/mol. The second kappa shape index (κ2) is 5.68. The summed E-state index contributed by atoms with van der Waals surface area (Å²) >= 11 is 2.30. The number of aliphatic hydroxyl groups is 1. The molecule has 2 aliphatic rings. The molecule has 0 amide bonds. The summed E-state index contributed by atoms with van der Waals surface area (Å²) in [4.78, 5) is 0. The van der Waals surface area contributed by atoms with Crippen LogP contribution in [0, 0.1) is 9.49 Å². The van der Waals surface area contributed by atoms with Crippen molar-refractivity contribution < 1.29 is 14.6 Å². The van der Waals surface area contributed by atoms with E-state index in [0.29, 0.717) is 6.61 Å². The van der Waals surface area contributed by atoms with Gasteiger partial charge in [0, 0.05) is 23.2 Å². The van der Waals surface area contributed by atoms with Crippen LogP contribution in [0.1, 0.15) is 30.9 Å². The molecule has 1 N–H and O–H groups in total. The van der Waals surface area contributed by atoms with E-state index in [4.69, 9.17) is 9.47 Å². The Morgan fingerprint density at radius 3 is 2.89 bits per heavy atom. The summed E-state index contributed by atoms with van der Waals surface area (Å²) < 4.78 is 12.6. The van der Waals surface area contributed by atoms with Crippen LogP contribution in [-0.4, -0.2) is 30.5 Å². The van der Waals surface area contributed by atoms with Crippen LogP contribution >= 0.6 is 22.6 Å². The fraction of sp³-hybridized carbons (Fsp3) is 0.600. The van der Waals surface area contributed by atoms with E-state index in [0.717, 1.165) is 41.6 Å². The van der Waals surface area contributed by atoms with E-state index in [1.165, 1.54) is 0 Å². The summed E-state index contributed by atoms with van der Waals surface area (Å²) in [5.41, 5.74) is 0.911. The fourth-order valence-corrected chi connectivity index (χ4v) is 3.87. The Kier molecular flexibility index (Phi) is 4.12. The van der Waals surface area contributed by atoms with E-state index >= 15 is 0 Å². The SMILES string of the molecule is OC(c1ccccc1I)C1CCOC2(CCOC2)C1. The third kappa shape index (κ3) is 2.82. The van der Waals surface area contributed by atoms with E-state index in [2.05, 4.69) is 22.6 Å². The molecule has 3 rings (SSSR count). The van der Waals surface area contributed by atoms with Crippen molar-refractivity contribution in [3.8, 4) is 0 Å². The number of halogens is 1. The summed E-state index contributed by atoms with van der Waals surface area (Å²) in [6.45, 7) is 2.20. The topological polar surface area (TPSA) is 38.7 Å². The Bertz CT molecular complexity index is 443. The molecule has 0 radical (unpaired) electrons. The van der Waals surface area contributed by atoms with Crippen LogP contribution < -0.4 is 0 Å². The molecule has 4 heteroatoms. The van der Waals surface area contributed by atoms with Gasteiger partial charge in [0.15, 0.2) is 0 Å². The highest BCUT2D eigenvalue weighted by Gasteiger charge is 2.43. The van der Waals surface area contributed by atoms with Crippen LogP contribution in [0.2, 0.25) is 0 Å². The highest BCUT2D eigenvalue weighted by atomic mass is 127. The number of hydrogen-bond donors (Lipinski definition) is 1. The van der Waals surface area contributed by atoms with Gasteiger partial charge in [0.25, 0.3) is 0 Å². The fourth-order valence-electron chi connectivity index (χ4n) is 3.17. The van der Waals surface area contributed by atoms with Gasteiger partial charge in [-0.2, -0.15) is 0 Å². The molecule has 3 nitrogen and oxygen atoms in total. The first-order chi connectivity index (χ1) is 9.20. The Labute approximate surface area is 127 Å². The zero-order valence-electron chi connectivity index (χ0n) is 10.8. The lowest BCUT2D eigenvalue weighted by Gasteiger charge is -2.39. The summed E-state index contributed by atoms with van der Waals surface area (Å²) in [6.07, 6.45) is 2.39. The molecule has 0 aromatic heterocycles. The smallest absolute Gasteiger partial charge is 0.0940 e. The van der Waals surface area contributed by atoms with E-state index in [1.54, 1.807) is 0 Å². The lowest BCUT2D eigenvalue weighted by Crippen LogP contribution is -2.42. The minimum Gasteiger partial charge on any atom is -0.388 e. The maximum absolute atomic E-state index is 10.7. The molecule has 0 saturated carbocycles. The van der Waals surface area contributed by atoms with E-state index in [9.17, 15) is 5.11 Å². The van der Waals surface area contributed by atoms with Gasteiger partial charge in [-0.25, -0.2) is 0 Å². The Hall–Kier alpha value is -0.170. The second-order valence-corrected chi connectivity index (χ2v) is 6.72. The van der Waals surface area contributed by atoms with Crippen LogP contribution in [0.3, 0.4) is 0 Å². The first-order valence-corrected chi connectivity index (χ1v) is 7.92. The van der Waals surface area contributed by atoms with Crippen molar-refractivity contribution >= 4 is 22.6 Å². The maximum atomic E-state index is 10.7. The zero-order chi connectivity index (χ0) is 13.3. The largest absolute Gasteiger partial charge is 0.388 e. The molecule has 2 heterocycles. The van der Waals surface area contributed by atoms with Crippen LogP contribution in [0.25, 0.3) is 0 Å². The average Bonchev–Trinajstić information content (AvgIpc) is 2.86. The van der Waals surface area contributed by atoms with Crippen molar-refractivity contribution in [1.82, 2.24) is 0 Å². The van der Waals surface area contributed by atoms with Crippen molar-refractivity contribution in [2.75, 3.05) is 19.8 Å². The van der Waals surface area contributed by atoms with Crippen molar-refractivity contribution in [3.05, 3.63) is 33.4 Å². The molecule has 2 saturated heterocycles. The summed E-state index contributed by atoms with van der Waals surface area (Å²) in [7, 11) is 0. The third-order valence-corrected chi connectivity index (χ3v) is 5.25. The van der Waals surface area contributed by atoms with Gasteiger partial charge in [-0.3, -0.25) is 0 Å². The molecule has 1 aromatic rings. The predicted octanol–water partition coefficient (Wildman–Crippen LogP) is 2.91. The molecular weight excluding hydrogens is 355 g/mol. The third-order valence-electron chi connectivity index (χ3n) is 4.27. The van der Waals surface area contributed by atoms with Gasteiger partial charge in [-0.1, -0.05) is 18.2 Å². The lowest BCUT2D eigenvalue weighted by atomic mass is 9.80. The molecule has 2 fully saturated rings. The van der Waals surface area contributed by atoms with Gasteiger partial charge in [0.05, 0.1) is 18.3 Å². The molecule has 19 heavy (non-hydrogen) atoms. The Balaban J connectivity index is 1.76. The Morgan fingerprint density at radius 2 is 2.16 bits per heavy atom. The van der Waals surface area contributed by atoms with Crippen LogP contribution in [-0.2, 0) is 9.47 Å². The van der Waals surface area contributed by atoms with Gasteiger partial charge in [0.1, 0.15) is 0 Å². The quantitative estimate of drug-likeness (QED) is 0.810. The number of hydrogen-bond acceptors (Lipinski definition) is 3. The Morgan fingerprint density at radius 1 is 1.32 bits per heavy atom. The first-order valence-electron chi connectivity index (χ1n) is 6.84. The first kappa shape index (κ1) is 13.8. The highest BCUT2D eigenvalue weighted by molar-refractivity contribution is 14.1. The standard InChI is InChI=1S/C15H19IO3/c16-13-4-2-1-3-12(13)14(17)11-5-7-19-15(9-11)6-8-18-10-15/h1-4,11,14,17H,5-10H2. The normalized spacial score (nSPS) is 32.6. The molecule has 0 aliphatic carbocycles. The van der Waals surface area contributed by atoms with Crippen LogP contribution in [0.15, 0.2) is 24.3 Å². The van der Waals surface area contributed by atoms with Gasteiger partial charge >= 0.3 is 0 Å². The number of benzene rings is 1. The number of ether oxygens (including phenoxy) is 2. The van der Waals surface area contributed by atoms with Crippen molar-refractivity contribution in [3.63, 3.8) is 0 Å². The zero-order valence-corrected chi connectivity index (χ0v) is 13.0.